The van der Waals surface area contributed by atoms with E-state index in [1.165, 1.54) is 19.3 Å². The zero-order chi connectivity index (χ0) is 25.9. The fourth-order valence-corrected chi connectivity index (χ4v) is 8.06. The van der Waals surface area contributed by atoms with Crippen LogP contribution in [0.3, 0.4) is 0 Å². The van der Waals surface area contributed by atoms with Crippen LogP contribution in [0.4, 0.5) is 0 Å². The van der Waals surface area contributed by atoms with Crippen LogP contribution >= 0.6 is 0 Å². The molecule has 7 heteroatoms. The first-order chi connectivity index (χ1) is 16.4. The third-order valence-electron chi connectivity index (χ3n) is 6.69. The molecule has 0 aliphatic rings. The molecule has 0 rings (SSSR count). The predicted molar refractivity (Wildman–Crippen MR) is 150 cm³/mol. The summed E-state index contributed by atoms with van der Waals surface area (Å²) in [5.74, 6) is 0. The fourth-order valence-electron chi connectivity index (χ4n) is 5.23. The van der Waals surface area contributed by atoms with Crippen LogP contribution in [0.15, 0.2) is 0 Å². The second-order valence-corrected chi connectivity index (χ2v) is 12.3. The van der Waals surface area contributed by atoms with Gasteiger partial charge in [0.25, 0.3) is 0 Å². The van der Waals surface area contributed by atoms with Crippen LogP contribution in [-0.2, 0) is 13.3 Å². The van der Waals surface area contributed by atoms with E-state index < -0.39 is 8.80 Å². The summed E-state index contributed by atoms with van der Waals surface area (Å²) in [6.45, 7) is 32.1. The summed E-state index contributed by atoms with van der Waals surface area (Å²) in [6, 6.07) is 0.888. The zero-order valence-electron chi connectivity index (χ0n) is 24.6. The molecule has 0 heterocycles. The third-order valence-corrected chi connectivity index (χ3v) is 9.74. The summed E-state index contributed by atoms with van der Waals surface area (Å²) >= 11 is 0. The van der Waals surface area contributed by atoms with Gasteiger partial charge in [-0.25, -0.2) is 0 Å². The van der Waals surface area contributed by atoms with Crippen molar-refractivity contribution in [3.63, 3.8) is 0 Å². The van der Waals surface area contributed by atoms with Crippen LogP contribution < -0.4 is 0 Å². The summed E-state index contributed by atoms with van der Waals surface area (Å²) in [7, 11) is -2.70. The SMILES string of the molecule is CCCN(CC)CC(CC[Si](OCC)(OCC)OCC)(CN(CC)CCC)CN(CC)CCC. The Morgan fingerprint density at radius 1 is 0.529 bits per heavy atom. The highest BCUT2D eigenvalue weighted by molar-refractivity contribution is 6.60. The maximum absolute atomic E-state index is 6.30. The van der Waals surface area contributed by atoms with Crippen LogP contribution in [0.2, 0.25) is 6.04 Å². The van der Waals surface area contributed by atoms with Gasteiger partial charge in [0.2, 0.25) is 0 Å². The van der Waals surface area contributed by atoms with Crippen molar-refractivity contribution in [2.45, 2.75) is 94.0 Å². The molecule has 6 nitrogen and oxygen atoms in total. The molecular formula is C27H61N3O3Si. The molecule has 206 valence electrons. The molecule has 0 saturated carbocycles. The summed E-state index contributed by atoms with van der Waals surface area (Å²) in [5.41, 5.74) is 0.144. The highest BCUT2D eigenvalue weighted by Crippen LogP contribution is 2.33. The van der Waals surface area contributed by atoms with Crippen molar-refractivity contribution in [1.82, 2.24) is 14.7 Å². The van der Waals surface area contributed by atoms with Crippen molar-refractivity contribution in [3.05, 3.63) is 0 Å². The van der Waals surface area contributed by atoms with E-state index in [4.69, 9.17) is 13.3 Å². The normalized spacial score (nSPS) is 13.1. The maximum Gasteiger partial charge on any atom is 0.500 e. The standard InChI is InChI=1S/C27H61N3O3Si/c1-10-20-28(13-4)24-27(25-29(14-5)21-11-2,26-30(15-6)22-12-3)19-23-34(31-16-7,32-17-8)33-18-9/h10-26H2,1-9H3. The molecule has 0 aromatic heterocycles. The Morgan fingerprint density at radius 2 is 0.853 bits per heavy atom. The number of nitrogens with zero attached hydrogens (tertiary/aromatic N) is 3. The molecule has 0 fully saturated rings. The van der Waals surface area contributed by atoms with Gasteiger partial charge in [0.05, 0.1) is 0 Å². The molecule has 0 aliphatic carbocycles. The minimum absolute atomic E-state index is 0.144. The van der Waals surface area contributed by atoms with Gasteiger partial charge in [0, 0.05) is 50.9 Å². The lowest BCUT2D eigenvalue weighted by atomic mass is 9.82. The van der Waals surface area contributed by atoms with Gasteiger partial charge in [-0.2, -0.15) is 0 Å². The van der Waals surface area contributed by atoms with Crippen molar-refractivity contribution in [1.29, 1.82) is 0 Å². The molecular weight excluding hydrogens is 442 g/mol. The van der Waals surface area contributed by atoms with E-state index in [2.05, 4.69) is 77.0 Å². The smallest absolute Gasteiger partial charge is 0.374 e. The van der Waals surface area contributed by atoms with Gasteiger partial charge < -0.3 is 28.0 Å². The monoisotopic (exact) mass is 503 g/mol. The number of hydrogen-bond donors (Lipinski definition) is 0. The molecule has 0 aromatic rings. The predicted octanol–water partition coefficient (Wildman–Crippen LogP) is 5.61. The minimum Gasteiger partial charge on any atom is -0.374 e. The Morgan fingerprint density at radius 3 is 1.09 bits per heavy atom. The third kappa shape index (κ3) is 12.8. The van der Waals surface area contributed by atoms with Crippen molar-refractivity contribution >= 4 is 8.80 Å². The van der Waals surface area contributed by atoms with Gasteiger partial charge in [0.1, 0.15) is 0 Å². The maximum atomic E-state index is 6.30. The Kier molecular flexibility index (Phi) is 20.1. The summed E-state index contributed by atoms with van der Waals surface area (Å²) in [5, 5.41) is 0. The highest BCUT2D eigenvalue weighted by atomic mass is 28.4. The zero-order valence-corrected chi connectivity index (χ0v) is 25.6. The van der Waals surface area contributed by atoms with E-state index in [0.717, 1.165) is 71.4 Å². The second kappa shape index (κ2) is 20.1. The van der Waals surface area contributed by atoms with E-state index in [1.54, 1.807) is 0 Å². The van der Waals surface area contributed by atoms with Gasteiger partial charge in [-0.15, -0.1) is 0 Å². The molecule has 0 unspecified atom stereocenters. The largest absolute Gasteiger partial charge is 0.500 e. The van der Waals surface area contributed by atoms with E-state index in [-0.39, 0.29) is 5.41 Å². The average molecular weight is 504 g/mol. The lowest BCUT2D eigenvalue weighted by Crippen LogP contribution is -2.54. The molecule has 0 N–H and O–H groups in total. The van der Waals surface area contributed by atoms with Gasteiger partial charge in [-0.05, 0) is 85.7 Å². The van der Waals surface area contributed by atoms with Crippen LogP contribution in [0.1, 0.15) is 88.0 Å². The van der Waals surface area contributed by atoms with E-state index >= 15 is 0 Å². The first-order valence-corrected chi connectivity index (χ1v) is 16.4. The molecule has 0 spiro atoms. The van der Waals surface area contributed by atoms with Crippen molar-refractivity contribution < 1.29 is 13.3 Å². The van der Waals surface area contributed by atoms with Crippen LogP contribution in [0.25, 0.3) is 0 Å². The number of hydrogen-bond acceptors (Lipinski definition) is 6. The van der Waals surface area contributed by atoms with Gasteiger partial charge in [-0.3, -0.25) is 0 Å². The van der Waals surface area contributed by atoms with Crippen molar-refractivity contribution in [2.24, 2.45) is 5.41 Å². The summed E-state index contributed by atoms with van der Waals surface area (Å²) in [4.78, 5) is 8.01. The van der Waals surface area contributed by atoms with Crippen molar-refractivity contribution in [3.8, 4) is 0 Å². The Balaban J connectivity index is 6.28. The second-order valence-electron chi connectivity index (χ2n) is 9.59. The Bertz CT molecular complexity index is 413. The van der Waals surface area contributed by atoms with Crippen LogP contribution in [-0.4, -0.2) is 102 Å². The van der Waals surface area contributed by atoms with Gasteiger partial charge in [0.15, 0.2) is 0 Å². The van der Waals surface area contributed by atoms with Crippen LogP contribution in [0.5, 0.6) is 0 Å². The van der Waals surface area contributed by atoms with Crippen molar-refractivity contribution in [2.75, 3.05) is 78.7 Å². The molecule has 0 saturated heterocycles. The minimum atomic E-state index is -2.70. The van der Waals surface area contributed by atoms with E-state index in [1.807, 2.05) is 0 Å². The highest BCUT2D eigenvalue weighted by Gasteiger charge is 2.45. The Hall–Kier alpha value is -0.0231. The Labute approximate surface area is 215 Å². The van der Waals surface area contributed by atoms with Gasteiger partial charge >= 0.3 is 8.80 Å². The molecule has 0 atom stereocenters. The molecule has 0 aliphatic heterocycles. The lowest BCUT2D eigenvalue weighted by Gasteiger charge is -2.45. The summed E-state index contributed by atoms with van der Waals surface area (Å²) < 4.78 is 18.9. The molecule has 0 radical (unpaired) electrons. The topological polar surface area (TPSA) is 37.4 Å². The van der Waals surface area contributed by atoms with Crippen LogP contribution in [0, 0.1) is 5.41 Å². The summed E-state index contributed by atoms with van der Waals surface area (Å²) in [6.07, 6.45) is 4.65. The van der Waals surface area contributed by atoms with E-state index in [9.17, 15) is 0 Å². The van der Waals surface area contributed by atoms with E-state index in [0.29, 0.717) is 19.8 Å². The lowest BCUT2D eigenvalue weighted by molar-refractivity contribution is 0.0376. The van der Waals surface area contributed by atoms with Gasteiger partial charge in [-0.1, -0.05) is 41.5 Å². The average Bonchev–Trinajstić information content (AvgIpc) is 2.82. The molecule has 34 heavy (non-hydrogen) atoms. The molecule has 0 aromatic carbocycles. The number of rotatable bonds is 24. The quantitative estimate of drug-likeness (QED) is 0.159. The fraction of sp³-hybridized carbons (Fsp3) is 1.00. The first kappa shape index (κ1) is 34.0. The molecule has 0 bridgehead atoms. The molecule has 0 amide bonds. The first-order valence-electron chi connectivity index (χ1n) is 14.5.